The summed E-state index contributed by atoms with van der Waals surface area (Å²) >= 11 is 9.07. The number of allylic oxidation sites excluding steroid dienone is 7. The van der Waals surface area contributed by atoms with E-state index in [1.165, 1.54) is 18.2 Å². The van der Waals surface area contributed by atoms with Crippen LogP contribution in [0.1, 0.15) is 24.8 Å². The van der Waals surface area contributed by atoms with E-state index in [-0.39, 0.29) is 16.4 Å². The molecule has 35 heavy (non-hydrogen) atoms. The van der Waals surface area contributed by atoms with Crippen LogP contribution >= 0.6 is 24.2 Å². The molecule has 2 atom stereocenters. The van der Waals surface area contributed by atoms with Gasteiger partial charge in [-0.3, -0.25) is 4.79 Å². The van der Waals surface area contributed by atoms with Crippen LogP contribution in [0.5, 0.6) is 5.75 Å². The fourth-order valence-electron chi connectivity index (χ4n) is 2.98. The normalized spacial score (nSPS) is 19.9. The number of sulfonamides is 1. The third-order valence-corrected chi connectivity index (χ3v) is 7.08. The highest BCUT2D eigenvalue weighted by Gasteiger charge is 2.64. The van der Waals surface area contributed by atoms with Gasteiger partial charge in [0.2, 0.25) is 10.0 Å². The molecule has 1 aliphatic rings. The van der Waals surface area contributed by atoms with Gasteiger partial charge in [-0.05, 0) is 31.1 Å². The van der Waals surface area contributed by atoms with Gasteiger partial charge in [-0.2, -0.15) is 4.72 Å². The molecule has 11 heteroatoms. The molecule has 3 N–H and O–H groups in total. The number of rotatable bonds is 12. The van der Waals surface area contributed by atoms with Gasteiger partial charge in [0.15, 0.2) is 6.61 Å². The number of para-hydroxylation sites is 1. The molecule has 0 amide bonds. The number of hydrogen-bond donors (Lipinski definition) is 4. The van der Waals surface area contributed by atoms with Crippen LogP contribution in [0.2, 0.25) is 0 Å². The summed E-state index contributed by atoms with van der Waals surface area (Å²) in [5, 5.41) is 18.6. The van der Waals surface area contributed by atoms with Crippen LogP contribution in [0, 0.1) is 0 Å². The minimum atomic E-state index is -4.22. The van der Waals surface area contributed by atoms with E-state index in [2.05, 4.69) is 30.5 Å². The van der Waals surface area contributed by atoms with E-state index >= 15 is 0 Å². The standard InChI is InChI=1S/C21H23NO7S2.C3H5Cl/c1-3-7-14(2)8-6-11-19(30)31(27,28)22-21(20(25)26)12-16(21)15-9-4-5-10-17(15)29-13-18(23)24;1-2-3-4/h3-11,16,22,30H,1,12-13H2,2H3,(H,23,24)(H,25,26);2H,1,3H2/b8-6+,14-7+,19-11+;. The number of hydrogen-bond acceptors (Lipinski definition) is 6. The molecule has 0 spiro atoms. The van der Waals surface area contributed by atoms with Crippen molar-refractivity contribution in [2.24, 2.45) is 0 Å². The second-order valence-corrected chi connectivity index (χ2v) is 10.1. The Morgan fingerprint density at radius 3 is 2.46 bits per heavy atom. The molecule has 1 fully saturated rings. The zero-order chi connectivity index (χ0) is 26.6. The van der Waals surface area contributed by atoms with E-state index < -0.39 is 40.0 Å². The molecule has 1 aromatic rings. The molecule has 1 aromatic carbocycles. The smallest absolute Gasteiger partial charge is 0.341 e. The summed E-state index contributed by atoms with van der Waals surface area (Å²) in [6.45, 7) is 8.11. The molecule has 0 saturated heterocycles. The monoisotopic (exact) mass is 541 g/mol. The first kappa shape index (κ1) is 30.2. The molecular weight excluding hydrogens is 514 g/mol. The zero-order valence-electron chi connectivity index (χ0n) is 19.1. The number of nitrogens with one attached hydrogen (secondary N) is 1. The number of carboxylic acid groups (broad SMARTS) is 2. The lowest BCUT2D eigenvalue weighted by Gasteiger charge is -2.17. The minimum absolute atomic E-state index is 0.0207. The lowest BCUT2D eigenvalue weighted by molar-refractivity contribution is -0.141. The summed E-state index contributed by atoms with van der Waals surface area (Å²) in [5.74, 6) is -2.53. The van der Waals surface area contributed by atoms with Gasteiger partial charge in [0.25, 0.3) is 0 Å². The molecule has 0 aromatic heterocycles. The lowest BCUT2D eigenvalue weighted by Crippen LogP contribution is -2.44. The number of aliphatic carboxylic acids is 2. The molecule has 0 heterocycles. The van der Waals surface area contributed by atoms with Gasteiger partial charge in [0, 0.05) is 11.8 Å². The Hall–Kier alpha value is -2.79. The van der Waals surface area contributed by atoms with Crippen LogP contribution in [-0.2, 0) is 19.6 Å². The van der Waals surface area contributed by atoms with E-state index in [1.807, 2.05) is 0 Å². The molecule has 1 saturated carbocycles. The van der Waals surface area contributed by atoms with Crippen LogP contribution in [0.25, 0.3) is 0 Å². The van der Waals surface area contributed by atoms with Crippen LogP contribution < -0.4 is 9.46 Å². The molecule has 2 rings (SSSR count). The Morgan fingerprint density at radius 2 is 1.91 bits per heavy atom. The van der Waals surface area contributed by atoms with Gasteiger partial charge in [0.05, 0.1) is 0 Å². The van der Waals surface area contributed by atoms with Crippen LogP contribution in [-0.4, -0.2) is 48.6 Å². The molecule has 0 aliphatic heterocycles. The summed E-state index contributed by atoms with van der Waals surface area (Å²) in [5.41, 5.74) is -0.547. The zero-order valence-corrected chi connectivity index (χ0v) is 21.5. The number of alkyl halides is 1. The predicted molar refractivity (Wildman–Crippen MR) is 140 cm³/mol. The molecule has 8 nitrogen and oxygen atoms in total. The molecule has 1 aliphatic carbocycles. The van der Waals surface area contributed by atoms with Crippen molar-refractivity contribution in [1.29, 1.82) is 0 Å². The second-order valence-electron chi connectivity index (χ2n) is 7.31. The van der Waals surface area contributed by atoms with Crippen LogP contribution in [0.4, 0.5) is 0 Å². The number of carbonyl (C=O) groups is 2. The Morgan fingerprint density at radius 1 is 1.29 bits per heavy atom. The average molecular weight is 542 g/mol. The summed E-state index contributed by atoms with van der Waals surface area (Å²) in [6.07, 6.45) is 9.30. The van der Waals surface area contributed by atoms with Crippen molar-refractivity contribution < 1.29 is 33.0 Å². The fourth-order valence-corrected chi connectivity index (χ4v) is 4.35. The third kappa shape index (κ3) is 9.06. The first-order valence-electron chi connectivity index (χ1n) is 10.2. The molecule has 190 valence electrons. The first-order valence-corrected chi connectivity index (χ1v) is 12.7. The van der Waals surface area contributed by atoms with Gasteiger partial charge >= 0.3 is 11.9 Å². The number of halogens is 1. The maximum atomic E-state index is 12.7. The van der Waals surface area contributed by atoms with Crippen molar-refractivity contribution in [1.82, 2.24) is 4.72 Å². The van der Waals surface area contributed by atoms with E-state index in [0.29, 0.717) is 11.4 Å². The number of carboxylic acids is 2. The van der Waals surface area contributed by atoms with Crippen molar-refractivity contribution in [3.8, 4) is 5.75 Å². The van der Waals surface area contributed by atoms with E-state index in [0.717, 1.165) is 5.57 Å². The van der Waals surface area contributed by atoms with E-state index in [1.54, 1.807) is 49.4 Å². The van der Waals surface area contributed by atoms with Gasteiger partial charge in [0.1, 0.15) is 15.5 Å². The SMILES string of the molecule is C=C/C=C(C)/C=C/C=C(\S)S(=O)(=O)NC1(C(=O)O)CC1c1ccccc1OCC(=O)O.C=CCCl. The fraction of sp³-hybridized carbons (Fsp3) is 0.250. The van der Waals surface area contributed by atoms with Crippen molar-refractivity contribution >= 4 is 46.2 Å². The van der Waals surface area contributed by atoms with Gasteiger partial charge in [-0.25, -0.2) is 13.2 Å². The van der Waals surface area contributed by atoms with Crippen molar-refractivity contribution in [3.63, 3.8) is 0 Å². The lowest BCUT2D eigenvalue weighted by atomic mass is 10.1. The van der Waals surface area contributed by atoms with Gasteiger partial charge in [-0.1, -0.05) is 60.7 Å². The topological polar surface area (TPSA) is 130 Å². The van der Waals surface area contributed by atoms with E-state index in [4.69, 9.17) is 21.4 Å². The average Bonchev–Trinajstić information content (AvgIpc) is 3.52. The quantitative estimate of drug-likeness (QED) is 0.135. The molecular formula is C24H28ClNO7S2. The highest BCUT2D eigenvalue weighted by molar-refractivity contribution is 8.09. The van der Waals surface area contributed by atoms with Gasteiger partial charge < -0.3 is 14.9 Å². The van der Waals surface area contributed by atoms with Crippen molar-refractivity contribution in [2.45, 2.75) is 24.8 Å². The maximum absolute atomic E-state index is 12.7. The number of thiol groups is 1. The Labute approximate surface area is 215 Å². The molecule has 0 bridgehead atoms. The second kappa shape index (κ2) is 13.9. The highest BCUT2D eigenvalue weighted by atomic mass is 35.5. The number of ether oxygens (including phenoxy) is 1. The largest absolute Gasteiger partial charge is 0.482 e. The number of benzene rings is 1. The Kier molecular flexibility index (Phi) is 12.0. The summed E-state index contributed by atoms with van der Waals surface area (Å²) in [7, 11) is -4.22. The predicted octanol–water partition coefficient (Wildman–Crippen LogP) is 4.25. The minimum Gasteiger partial charge on any atom is -0.482 e. The summed E-state index contributed by atoms with van der Waals surface area (Å²) < 4.78 is 32.5. The molecule has 0 radical (unpaired) electrons. The Balaban J connectivity index is 0.00000142. The first-order chi connectivity index (χ1) is 16.4. The molecule has 2 unspecified atom stereocenters. The highest BCUT2D eigenvalue weighted by Crippen LogP contribution is 2.54. The van der Waals surface area contributed by atoms with Crippen LogP contribution in [0.3, 0.4) is 0 Å². The maximum Gasteiger partial charge on any atom is 0.341 e. The van der Waals surface area contributed by atoms with Crippen LogP contribution in [0.15, 0.2) is 83.7 Å². The van der Waals surface area contributed by atoms with E-state index in [9.17, 15) is 23.1 Å². The Bertz CT molecular complexity index is 1140. The van der Waals surface area contributed by atoms with Gasteiger partial charge in [-0.15, -0.1) is 30.8 Å². The summed E-state index contributed by atoms with van der Waals surface area (Å²) in [4.78, 5) is 22.8. The summed E-state index contributed by atoms with van der Waals surface area (Å²) in [6, 6.07) is 6.33. The van der Waals surface area contributed by atoms with Crippen molar-refractivity contribution in [2.75, 3.05) is 12.5 Å². The van der Waals surface area contributed by atoms with Crippen molar-refractivity contribution in [3.05, 3.63) is 89.3 Å². The third-order valence-electron chi connectivity index (χ3n) is 4.67.